The van der Waals surface area contributed by atoms with Crippen molar-refractivity contribution in [1.82, 2.24) is 0 Å². The van der Waals surface area contributed by atoms with Crippen LogP contribution < -0.4 is 10.6 Å². The summed E-state index contributed by atoms with van der Waals surface area (Å²) in [6.45, 7) is 7.20. The van der Waals surface area contributed by atoms with Crippen LogP contribution in [-0.4, -0.2) is 6.54 Å². The summed E-state index contributed by atoms with van der Waals surface area (Å²) in [5.74, 6) is 0. The van der Waals surface area contributed by atoms with Crippen molar-refractivity contribution in [3.05, 3.63) is 53.6 Å². The molecule has 2 nitrogen and oxygen atoms in total. The van der Waals surface area contributed by atoms with E-state index in [4.69, 9.17) is 5.73 Å². The second-order valence-corrected chi connectivity index (χ2v) is 4.59. The van der Waals surface area contributed by atoms with E-state index in [2.05, 4.69) is 55.1 Å². The topological polar surface area (TPSA) is 29.3 Å². The highest BCUT2D eigenvalue weighted by Crippen LogP contribution is 2.32. The predicted octanol–water partition coefficient (Wildman–Crippen LogP) is 4.04. The van der Waals surface area contributed by atoms with E-state index in [1.807, 2.05) is 13.0 Å². The number of nitrogens with two attached hydrogens (primary N) is 1. The van der Waals surface area contributed by atoms with Gasteiger partial charge in [-0.15, -0.1) is 0 Å². The first-order valence-corrected chi connectivity index (χ1v) is 6.32. The highest BCUT2D eigenvalue weighted by molar-refractivity contribution is 5.77. The molecule has 0 radical (unpaired) electrons. The number of nitrogen functional groups attached to an aromatic ring is 1. The fourth-order valence-corrected chi connectivity index (χ4v) is 2.19. The van der Waals surface area contributed by atoms with Gasteiger partial charge >= 0.3 is 0 Å². The highest BCUT2D eigenvalue weighted by Gasteiger charge is 2.11. The highest BCUT2D eigenvalue weighted by atomic mass is 15.1. The van der Waals surface area contributed by atoms with Crippen molar-refractivity contribution in [2.45, 2.75) is 20.8 Å². The monoisotopic (exact) mass is 240 g/mol. The van der Waals surface area contributed by atoms with Crippen LogP contribution >= 0.6 is 0 Å². The molecule has 18 heavy (non-hydrogen) atoms. The second-order valence-electron chi connectivity index (χ2n) is 4.59. The quantitative estimate of drug-likeness (QED) is 0.820. The number of rotatable bonds is 3. The van der Waals surface area contributed by atoms with Crippen LogP contribution in [0.5, 0.6) is 0 Å². The first kappa shape index (κ1) is 12.5. The van der Waals surface area contributed by atoms with Crippen LogP contribution in [0.25, 0.3) is 0 Å². The smallest absolute Gasteiger partial charge is 0.0647 e. The minimum absolute atomic E-state index is 0.862. The fourth-order valence-electron chi connectivity index (χ4n) is 2.19. The second kappa shape index (κ2) is 5.13. The molecule has 0 heterocycles. The summed E-state index contributed by atoms with van der Waals surface area (Å²) in [7, 11) is 0. The van der Waals surface area contributed by atoms with Crippen molar-refractivity contribution in [3.8, 4) is 0 Å². The molecule has 0 unspecified atom stereocenters. The lowest BCUT2D eigenvalue weighted by Gasteiger charge is -2.25. The number of para-hydroxylation sites is 1. The molecule has 94 valence electrons. The van der Waals surface area contributed by atoms with Gasteiger partial charge < -0.3 is 10.6 Å². The lowest BCUT2D eigenvalue weighted by atomic mass is 10.1. The van der Waals surface area contributed by atoms with Crippen LogP contribution in [0.2, 0.25) is 0 Å². The van der Waals surface area contributed by atoms with Gasteiger partial charge in [-0.1, -0.05) is 24.3 Å². The molecular formula is C16H20N2. The Hall–Kier alpha value is -1.96. The van der Waals surface area contributed by atoms with Crippen LogP contribution in [0, 0.1) is 13.8 Å². The predicted molar refractivity (Wildman–Crippen MR) is 79.5 cm³/mol. The molecule has 2 aromatic carbocycles. The van der Waals surface area contributed by atoms with Crippen molar-refractivity contribution >= 4 is 17.1 Å². The van der Waals surface area contributed by atoms with E-state index >= 15 is 0 Å². The van der Waals surface area contributed by atoms with Crippen molar-refractivity contribution < 1.29 is 0 Å². The molecule has 0 aliphatic carbocycles. The van der Waals surface area contributed by atoms with Crippen molar-refractivity contribution in [2.75, 3.05) is 17.2 Å². The molecule has 0 amide bonds. The maximum Gasteiger partial charge on any atom is 0.0647 e. The SMILES string of the molecule is CCN(c1cccc(C)c1)c1cccc(C)c1N. The zero-order valence-electron chi connectivity index (χ0n) is 11.3. The van der Waals surface area contributed by atoms with Gasteiger partial charge in [0.2, 0.25) is 0 Å². The minimum atomic E-state index is 0.862. The van der Waals surface area contributed by atoms with Crippen LogP contribution in [0.15, 0.2) is 42.5 Å². The summed E-state index contributed by atoms with van der Waals surface area (Å²) in [6, 6.07) is 14.7. The molecule has 2 heteroatoms. The van der Waals surface area contributed by atoms with Gasteiger partial charge in [0.1, 0.15) is 0 Å². The molecule has 0 saturated heterocycles. The lowest BCUT2D eigenvalue weighted by Crippen LogP contribution is -2.17. The molecule has 0 bridgehead atoms. The normalized spacial score (nSPS) is 10.4. The molecule has 0 saturated carbocycles. The number of aryl methyl sites for hydroxylation is 2. The maximum absolute atomic E-state index is 6.19. The first-order chi connectivity index (χ1) is 8.63. The lowest BCUT2D eigenvalue weighted by molar-refractivity contribution is 1.02. The van der Waals surface area contributed by atoms with Crippen LogP contribution in [0.3, 0.4) is 0 Å². The standard InChI is InChI=1S/C16H20N2/c1-4-18(14-9-5-7-12(2)11-14)15-10-6-8-13(3)16(15)17/h5-11H,4,17H2,1-3H3. The summed E-state index contributed by atoms with van der Waals surface area (Å²) in [5.41, 5.74) is 11.7. The third-order valence-corrected chi connectivity index (χ3v) is 3.22. The van der Waals surface area contributed by atoms with Crippen molar-refractivity contribution in [3.63, 3.8) is 0 Å². The molecule has 0 aliphatic heterocycles. The minimum Gasteiger partial charge on any atom is -0.397 e. The van der Waals surface area contributed by atoms with Gasteiger partial charge in [0.25, 0.3) is 0 Å². The molecule has 0 aromatic heterocycles. The van der Waals surface area contributed by atoms with E-state index in [-0.39, 0.29) is 0 Å². The van der Waals surface area contributed by atoms with Gasteiger partial charge in [0.05, 0.1) is 11.4 Å². The molecule has 2 rings (SSSR count). The van der Waals surface area contributed by atoms with Crippen LogP contribution in [-0.2, 0) is 0 Å². The summed E-state index contributed by atoms with van der Waals surface area (Å²) >= 11 is 0. The number of hydrogen-bond acceptors (Lipinski definition) is 2. The molecular weight excluding hydrogens is 220 g/mol. The average Bonchev–Trinajstić information content (AvgIpc) is 2.35. The van der Waals surface area contributed by atoms with E-state index < -0.39 is 0 Å². The first-order valence-electron chi connectivity index (χ1n) is 6.32. The Bertz CT molecular complexity index is 547. The van der Waals surface area contributed by atoms with Crippen molar-refractivity contribution in [2.24, 2.45) is 0 Å². The summed E-state index contributed by atoms with van der Waals surface area (Å²) in [6.07, 6.45) is 0. The number of anilines is 3. The largest absolute Gasteiger partial charge is 0.397 e. The van der Waals surface area contributed by atoms with Crippen LogP contribution in [0.4, 0.5) is 17.1 Å². The Kier molecular flexibility index (Phi) is 3.56. The van der Waals surface area contributed by atoms with Crippen LogP contribution in [0.1, 0.15) is 18.1 Å². The third-order valence-electron chi connectivity index (χ3n) is 3.22. The summed E-state index contributed by atoms with van der Waals surface area (Å²) < 4.78 is 0. The summed E-state index contributed by atoms with van der Waals surface area (Å²) in [5, 5.41) is 0. The number of hydrogen-bond donors (Lipinski definition) is 1. The molecule has 2 aromatic rings. The van der Waals surface area contributed by atoms with Gasteiger partial charge in [0.15, 0.2) is 0 Å². The Morgan fingerprint density at radius 2 is 1.78 bits per heavy atom. The number of benzene rings is 2. The molecule has 2 N–H and O–H groups in total. The molecule has 0 spiro atoms. The molecule has 0 atom stereocenters. The van der Waals surface area contributed by atoms with E-state index in [0.29, 0.717) is 0 Å². The molecule has 0 aliphatic rings. The Morgan fingerprint density at radius 1 is 1.06 bits per heavy atom. The van der Waals surface area contributed by atoms with Gasteiger partial charge in [-0.2, -0.15) is 0 Å². The Morgan fingerprint density at radius 3 is 2.44 bits per heavy atom. The maximum atomic E-state index is 6.19. The van der Waals surface area contributed by atoms with Gasteiger partial charge in [-0.25, -0.2) is 0 Å². The zero-order chi connectivity index (χ0) is 13.1. The zero-order valence-corrected chi connectivity index (χ0v) is 11.3. The van der Waals surface area contributed by atoms with E-state index in [0.717, 1.165) is 23.5 Å². The van der Waals surface area contributed by atoms with Gasteiger partial charge in [-0.3, -0.25) is 0 Å². The Balaban J connectivity index is 2.49. The summed E-state index contributed by atoms with van der Waals surface area (Å²) in [4.78, 5) is 2.25. The fraction of sp³-hybridized carbons (Fsp3) is 0.250. The van der Waals surface area contributed by atoms with E-state index in [9.17, 15) is 0 Å². The molecule has 0 fully saturated rings. The average molecular weight is 240 g/mol. The van der Waals surface area contributed by atoms with Crippen molar-refractivity contribution in [1.29, 1.82) is 0 Å². The van der Waals surface area contributed by atoms with Gasteiger partial charge in [-0.05, 0) is 50.1 Å². The third kappa shape index (κ3) is 2.33. The Labute approximate surface area is 109 Å². The number of nitrogens with zero attached hydrogens (tertiary/aromatic N) is 1. The van der Waals surface area contributed by atoms with E-state index in [1.165, 1.54) is 11.3 Å². The van der Waals surface area contributed by atoms with E-state index in [1.54, 1.807) is 0 Å². The van der Waals surface area contributed by atoms with Gasteiger partial charge in [0, 0.05) is 12.2 Å².